The molecule has 2 aromatic heterocycles. The summed E-state index contributed by atoms with van der Waals surface area (Å²) in [5.74, 6) is -0.613. The topological polar surface area (TPSA) is 80.1 Å². The van der Waals surface area contributed by atoms with Gasteiger partial charge in [-0.2, -0.15) is 5.10 Å². The summed E-state index contributed by atoms with van der Waals surface area (Å²) in [6.45, 7) is 8.00. The van der Waals surface area contributed by atoms with E-state index in [4.69, 9.17) is 0 Å². The van der Waals surface area contributed by atoms with Crippen LogP contribution in [-0.2, 0) is 16.6 Å². The summed E-state index contributed by atoms with van der Waals surface area (Å²) in [7, 11) is 3.36. The van der Waals surface area contributed by atoms with Gasteiger partial charge in [-0.3, -0.25) is 14.3 Å². The van der Waals surface area contributed by atoms with Crippen LogP contribution in [0.3, 0.4) is 0 Å². The van der Waals surface area contributed by atoms with E-state index in [2.05, 4.69) is 29.2 Å². The third kappa shape index (κ3) is 3.81. The van der Waals surface area contributed by atoms with Crippen molar-refractivity contribution >= 4 is 29.0 Å². The molecule has 0 saturated carbocycles. The van der Waals surface area contributed by atoms with Crippen LogP contribution in [0.2, 0.25) is 0 Å². The predicted octanol–water partition coefficient (Wildman–Crippen LogP) is 2.47. The first kappa shape index (κ1) is 18.1. The number of aromatic nitrogens is 3. The van der Waals surface area contributed by atoms with E-state index >= 15 is 0 Å². The third-order valence-electron chi connectivity index (χ3n) is 3.77. The molecule has 0 unspecified atom stereocenters. The second-order valence-corrected chi connectivity index (χ2v) is 7.14. The molecule has 2 aromatic rings. The third-order valence-corrected chi connectivity index (χ3v) is 5.40. The lowest BCUT2D eigenvalue weighted by Crippen LogP contribution is -2.38. The van der Waals surface area contributed by atoms with Crippen molar-refractivity contribution in [1.29, 1.82) is 0 Å². The van der Waals surface area contributed by atoms with Gasteiger partial charge in [0.1, 0.15) is 0 Å². The number of carbonyl (C=O) groups excluding carboxylic acids is 2. The lowest BCUT2D eigenvalue weighted by molar-refractivity contribution is -0.143. The highest BCUT2D eigenvalue weighted by molar-refractivity contribution is 7.11. The van der Waals surface area contributed by atoms with E-state index in [9.17, 15) is 9.59 Å². The Balaban J connectivity index is 2.10. The van der Waals surface area contributed by atoms with E-state index in [0.717, 1.165) is 15.6 Å². The number of nitrogens with zero attached hydrogens (tertiary/aromatic N) is 4. The minimum atomic E-state index is -0.700. The van der Waals surface area contributed by atoms with E-state index in [1.165, 1.54) is 4.90 Å². The molecular weight excluding hydrogens is 326 g/mol. The molecule has 130 valence electrons. The first-order valence-electron chi connectivity index (χ1n) is 7.75. The number of carbonyl (C=O) groups is 2. The minimum Gasteiger partial charge on any atom is -0.330 e. The summed E-state index contributed by atoms with van der Waals surface area (Å²) >= 11 is 1.59. The van der Waals surface area contributed by atoms with Crippen LogP contribution in [0.15, 0.2) is 12.3 Å². The van der Waals surface area contributed by atoms with Gasteiger partial charge in [-0.15, -0.1) is 11.3 Å². The highest BCUT2D eigenvalue weighted by atomic mass is 32.1. The maximum absolute atomic E-state index is 12.4. The van der Waals surface area contributed by atoms with Crippen molar-refractivity contribution in [1.82, 2.24) is 19.7 Å². The summed E-state index contributed by atoms with van der Waals surface area (Å²) in [5, 5.41) is 7.59. The van der Waals surface area contributed by atoms with Gasteiger partial charge in [0.2, 0.25) is 0 Å². The van der Waals surface area contributed by atoms with Crippen LogP contribution in [0.25, 0.3) is 0 Å². The van der Waals surface area contributed by atoms with Crippen molar-refractivity contribution in [2.75, 3.05) is 12.4 Å². The predicted molar refractivity (Wildman–Crippen MR) is 94.0 cm³/mol. The second-order valence-electron chi connectivity index (χ2n) is 6.08. The van der Waals surface area contributed by atoms with Crippen LogP contribution in [0.4, 0.5) is 5.82 Å². The van der Waals surface area contributed by atoms with Crippen molar-refractivity contribution in [3.05, 3.63) is 27.8 Å². The van der Waals surface area contributed by atoms with Crippen molar-refractivity contribution in [3.8, 4) is 0 Å². The lowest BCUT2D eigenvalue weighted by Gasteiger charge is -2.23. The summed E-state index contributed by atoms with van der Waals surface area (Å²) in [6.07, 6.45) is 1.69. The Morgan fingerprint density at radius 1 is 1.33 bits per heavy atom. The molecule has 2 heterocycles. The largest absolute Gasteiger partial charge is 0.330 e. The van der Waals surface area contributed by atoms with Gasteiger partial charge in [0, 0.05) is 37.2 Å². The van der Waals surface area contributed by atoms with Gasteiger partial charge in [0.15, 0.2) is 5.82 Å². The zero-order valence-corrected chi connectivity index (χ0v) is 15.6. The number of amides is 2. The van der Waals surface area contributed by atoms with Gasteiger partial charge in [-0.05, 0) is 13.8 Å². The smallest absolute Gasteiger partial charge is 0.315 e. The first-order chi connectivity index (χ1) is 11.2. The molecule has 0 aliphatic rings. The Labute approximate surface area is 145 Å². The number of rotatable bonds is 4. The fraction of sp³-hybridized carbons (Fsp3) is 0.500. The molecular formula is C16H23N5O2S. The molecule has 0 aliphatic heterocycles. The molecule has 0 aliphatic carbocycles. The van der Waals surface area contributed by atoms with Crippen LogP contribution in [0, 0.1) is 6.92 Å². The Morgan fingerprint density at radius 3 is 2.50 bits per heavy atom. The standard InChI is InChI=1S/C16H23N5O2S/c1-9(2)15-17-10(3)13(24-15)11(4)21(6)16(23)14(22)18-12-7-8-20(5)19-12/h7-9,11H,1-6H3,(H,18,19,22)/t11-/m0/s1. The Bertz CT molecular complexity index is 749. The van der Waals surface area contributed by atoms with Gasteiger partial charge in [-0.1, -0.05) is 13.8 Å². The number of anilines is 1. The van der Waals surface area contributed by atoms with Crippen LogP contribution in [0.5, 0.6) is 0 Å². The molecule has 0 saturated heterocycles. The highest BCUT2D eigenvalue weighted by Crippen LogP contribution is 2.31. The molecule has 1 N–H and O–H groups in total. The second kappa shape index (κ2) is 7.12. The number of thiazole rings is 1. The zero-order chi connectivity index (χ0) is 18.0. The molecule has 7 nitrogen and oxygen atoms in total. The van der Waals surface area contributed by atoms with Crippen LogP contribution >= 0.6 is 11.3 Å². The molecule has 0 spiro atoms. The number of nitrogens with one attached hydrogen (secondary N) is 1. The quantitative estimate of drug-likeness (QED) is 0.860. The Kier molecular flexibility index (Phi) is 5.38. The first-order valence-corrected chi connectivity index (χ1v) is 8.57. The fourth-order valence-electron chi connectivity index (χ4n) is 2.23. The molecule has 0 aromatic carbocycles. The summed E-state index contributed by atoms with van der Waals surface area (Å²) in [5.41, 5.74) is 0.904. The molecule has 0 fully saturated rings. The molecule has 1 atom stereocenters. The van der Waals surface area contributed by atoms with Crippen LogP contribution in [-0.4, -0.2) is 38.5 Å². The van der Waals surface area contributed by atoms with Gasteiger partial charge in [0.25, 0.3) is 0 Å². The fourth-order valence-corrected chi connectivity index (χ4v) is 3.39. The van der Waals surface area contributed by atoms with E-state index in [1.54, 1.807) is 42.4 Å². The molecule has 8 heteroatoms. The van der Waals surface area contributed by atoms with E-state index in [1.807, 2.05) is 13.8 Å². The van der Waals surface area contributed by atoms with Crippen molar-refractivity contribution in [2.45, 2.75) is 39.7 Å². The maximum Gasteiger partial charge on any atom is 0.315 e. The van der Waals surface area contributed by atoms with E-state index in [-0.39, 0.29) is 6.04 Å². The lowest BCUT2D eigenvalue weighted by atomic mass is 10.2. The summed E-state index contributed by atoms with van der Waals surface area (Å²) < 4.78 is 1.56. The number of likely N-dealkylation sites (N-methyl/N-ethyl adjacent to an activating group) is 1. The minimum absolute atomic E-state index is 0.225. The Morgan fingerprint density at radius 2 is 2.00 bits per heavy atom. The zero-order valence-electron chi connectivity index (χ0n) is 14.8. The van der Waals surface area contributed by atoms with Gasteiger partial charge >= 0.3 is 11.8 Å². The summed E-state index contributed by atoms with van der Waals surface area (Å²) in [6, 6.07) is 1.41. The highest BCUT2D eigenvalue weighted by Gasteiger charge is 2.27. The number of hydrogen-bond acceptors (Lipinski definition) is 5. The molecule has 2 amide bonds. The molecule has 2 rings (SSSR count). The van der Waals surface area contributed by atoms with Crippen molar-refractivity contribution in [3.63, 3.8) is 0 Å². The molecule has 24 heavy (non-hydrogen) atoms. The van der Waals surface area contributed by atoms with Gasteiger partial charge < -0.3 is 10.2 Å². The summed E-state index contributed by atoms with van der Waals surface area (Å²) in [4.78, 5) is 31.5. The molecule has 0 radical (unpaired) electrons. The molecule has 0 bridgehead atoms. The van der Waals surface area contributed by atoms with E-state index in [0.29, 0.717) is 11.7 Å². The van der Waals surface area contributed by atoms with E-state index < -0.39 is 11.8 Å². The normalized spacial score (nSPS) is 12.3. The van der Waals surface area contributed by atoms with Gasteiger partial charge in [0.05, 0.1) is 16.7 Å². The average Bonchev–Trinajstić information content (AvgIpc) is 3.10. The van der Waals surface area contributed by atoms with Crippen molar-refractivity contribution < 1.29 is 9.59 Å². The number of aryl methyl sites for hydroxylation is 2. The number of hydrogen-bond donors (Lipinski definition) is 1. The van der Waals surface area contributed by atoms with Gasteiger partial charge in [-0.25, -0.2) is 4.98 Å². The maximum atomic E-state index is 12.4. The average molecular weight is 349 g/mol. The monoisotopic (exact) mass is 349 g/mol. The van der Waals surface area contributed by atoms with Crippen LogP contribution < -0.4 is 5.32 Å². The van der Waals surface area contributed by atoms with Crippen LogP contribution in [0.1, 0.15) is 48.3 Å². The Hall–Kier alpha value is -2.22. The van der Waals surface area contributed by atoms with Crippen molar-refractivity contribution in [2.24, 2.45) is 7.05 Å². The SMILES string of the molecule is Cc1nc(C(C)C)sc1[C@H](C)N(C)C(=O)C(=O)Nc1ccn(C)n1.